The second-order valence-electron chi connectivity index (χ2n) is 6.50. The maximum atomic E-state index is 11.9. The first-order valence-corrected chi connectivity index (χ1v) is 8.69. The number of esters is 1. The lowest BCUT2D eigenvalue weighted by Gasteiger charge is -2.14. The van der Waals surface area contributed by atoms with Crippen molar-refractivity contribution in [3.63, 3.8) is 0 Å². The van der Waals surface area contributed by atoms with E-state index < -0.39 is 23.4 Å². The maximum absolute atomic E-state index is 11.9. The van der Waals surface area contributed by atoms with E-state index in [-0.39, 0.29) is 18.2 Å². The van der Waals surface area contributed by atoms with E-state index in [0.717, 1.165) is 11.1 Å². The van der Waals surface area contributed by atoms with E-state index in [0.29, 0.717) is 11.4 Å². The summed E-state index contributed by atoms with van der Waals surface area (Å²) in [6, 6.07) is 11.1. The summed E-state index contributed by atoms with van der Waals surface area (Å²) >= 11 is 0. The van der Waals surface area contributed by atoms with Crippen molar-refractivity contribution in [2.45, 2.75) is 26.7 Å². The van der Waals surface area contributed by atoms with Crippen molar-refractivity contribution < 1.29 is 24.0 Å². The van der Waals surface area contributed by atoms with Crippen LogP contribution in [0, 0.1) is 17.0 Å². The van der Waals surface area contributed by atoms with Gasteiger partial charge in [-0.1, -0.05) is 26.0 Å². The number of nitrogens with one attached hydrogen (secondary N) is 1. The van der Waals surface area contributed by atoms with Gasteiger partial charge < -0.3 is 14.8 Å². The van der Waals surface area contributed by atoms with E-state index in [1.807, 2.05) is 39.0 Å². The SMILES string of the molecule is Cc1ccc(C(C)C)c(OCC(=O)OCC(=O)Nc2ccc([N+](=O)[O-])cc2)c1. The predicted molar refractivity (Wildman–Crippen MR) is 103 cm³/mol. The molecule has 0 spiro atoms. The Bertz CT molecular complexity index is 861. The summed E-state index contributed by atoms with van der Waals surface area (Å²) in [4.78, 5) is 33.8. The molecule has 0 aliphatic carbocycles. The lowest BCUT2D eigenvalue weighted by Crippen LogP contribution is -2.23. The van der Waals surface area contributed by atoms with Gasteiger partial charge in [-0.25, -0.2) is 4.79 Å². The number of hydrogen-bond donors (Lipinski definition) is 1. The fourth-order valence-corrected chi connectivity index (χ4v) is 2.43. The zero-order chi connectivity index (χ0) is 20.7. The molecule has 0 aromatic heterocycles. The summed E-state index contributed by atoms with van der Waals surface area (Å²) in [7, 11) is 0. The number of amides is 1. The molecule has 148 valence electrons. The summed E-state index contributed by atoms with van der Waals surface area (Å²) in [5, 5.41) is 13.1. The Labute approximate surface area is 162 Å². The number of anilines is 1. The molecule has 1 N–H and O–H groups in total. The predicted octanol–water partition coefficient (Wildman–Crippen LogP) is 3.59. The van der Waals surface area contributed by atoms with Crippen LogP contribution < -0.4 is 10.1 Å². The van der Waals surface area contributed by atoms with Crippen LogP contribution in [-0.2, 0) is 14.3 Å². The first-order chi connectivity index (χ1) is 13.3. The van der Waals surface area contributed by atoms with E-state index in [1.54, 1.807) is 0 Å². The molecule has 8 heteroatoms. The maximum Gasteiger partial charge on any atom is 0.344 e. The van der Waals surface area contributed by atoms with Gasteiger partial charge in [-0.15, -0.1) is 0 Å². The van der Waals surface area contributed by atoms with Gasteiger partial charge >= 0.3 is 5.97 Å². The van der Waals surface area contributed by atoms with Crippen LogP contribution in [0.4, 0.5) is 11.4 Å². The quantitative estimate of drug-likeness (QED) is 0.422. The molecule has 0 radical (unpaired) electrons. The molecule has 0 saturated carbocycles. The van der Waals surface area contributed by atoms with Gasteiger partial charge in [0.15, 0.2) is 13.2 Å². The molecule has 0 atom stereocenters. The van der Waals surface area contributed by atoms with Crippen LogP contribution in [0.5, 0.6) is 5.75 Å². The number of nitrogens with zero attached hydrogens (tertiary/aromatic N) is 1. The number of hydrogen-bond acceptors (Lipinski definition) is 6. The van der Waals surface area contributed by atoms with Crippen molar-refractivity contribution in [2.24, 2.45) is 0 Å². The minimum atomic E-state index is -0.671. The second-order valence-corrected chi connectivity index (χ2v) is 6.50. The Morgan fingerprint density at radius 3 is 2.39 bits per heavy atom. The second kappa shape index (κ2) is 9.50. The van der Waals surface area contributed by atoms with Gasteiger partial charge in [0.2, 0.25) is 0 Å². The fraction of sp³-hybridized carbons (Fsp3) is 0.300. The topological polar surface area (TPSA) is 108 Å². The molecule has 8 nitrogen and oxygen atoms in total. The number of aryl methyl sites for hydroxylation is 1. The van der Waals surface area contributed by atoms with Crippen molar-refractivity contribution in [3.05, 3.63) is 63.7 Å². The molecule has 1 amide bonds. The Hall–Kier alpha value is -3.42. The summed E-state index contributed by atoms with van der Waals surface area (Å²) in [5.41, 5.74) is 2.27. The first kappa shape index (κ1) is 20.9. The number of non-ortho nitro benzene ring substituents is 1. The van der Waals surface area contributed by atoms with Crippen LogP contribution >= 0.6 is 0 Å². The van der Waals surface area contributed by atoms with Crippen LogP contribution in [-0.4, -0.2) is 30.0 Å². The summed E-state index contributed by atoms with van der Waals surface area (Å²) in [6.45, 7) is 5.19. The largest absolute Gasteiger partial charge is 0.482 e. The van der Waals surface area contributed by atoms with Crippen LogP contribution in [0.15, 0.2) is 42.5 Å². The van der Waals surface area contributed by atoms with Gasteiger partial charge in [0, 0.05) is 17.8 Å². The van der Waals surface area contributed by atoms with Crippen molar-refractivity contribution in [1.29, 1.82) is 0 Å². The van der Waals surface area contributed by atoms with Crippen LogP contribution in [0.2, 0.25) is 0 Å². The van der Waals surface area contributed by atoms with Crippen molar-refractivity contribution in [2.75, 3.05) is 18.5 Å². The van der Waals surface area contributed by atoms with E-state index in [2.05, 4.69) is 5.32 Å². The molecule has 2 aromatic carbocycles. The van der Waals surface area contributed by atoms with E-state index in [1.165, 1.54) is 24.3 Å². The molecule has 0 bridgehead atoms. The Balaban J connectivity index is 1.81. The molecule has 0 aliphatic rings. The molecule has 2 aromatic rings. The summed E-state index contributed by atoms with van der Waals surface area (Å²) in [6.07, 6.45) is 0. The third-order valence-electron chi connectivity index (χ3n) is 3.86. The molecular weight excluding hydrogens is 364 g/mol. The number of carbonyl (C=O) groups is 2. The highest BCUT2D eigenvalue weighted by molar-refractivity contribution is 5.92. The van der Waals surface area contributed by atoms with Crippen LogP contribution in [0.3, 0.4) is 0 Å². The van der Waals surface area contributed by atoms with Crippen LogP contribution in [0.25, 0.3) is 0 Å². The highest BCUT2D eigenvalue weighted by atomic mass is 16.6. The van der Waals surface area contributed by atoms with Gasteiger partial charge in [0.05, 0.1) is 4.92 Å². The van der Waals surface area contributed by atoms with E-state index in [4.69, 9.17) is 9.47 Å². The average Bonchev–Trinajstić information content (AvgIpc) is 2.65. The molecule has 2 rings (SSSR count). The van der Waals surface area contributed by atoms with Crippen molar-refractivity contribution >= 4 is 23.3 Å². The molecule has 0 fully saturated rings. The van der Waals surface area contributed by atoms with E-state index >= 15 is 0 Å². The molecule has 0 aliphatic heterocycles. The fourth-order valence-electron chi connectivity index (χ4n) is 2.43. The number of carbonyl (C=O) groups excluding carboxylic acids is 2. The number of rotatable bonds is 8. The van der Waals surface area contributed by atoms with E-state index in [9.17, 15) is 19.7 Å². The molecule has 0 heterocycles. The summed E-state index contributed by atoms with van der Waals surface area (Å²) in [5.74, 6) is -0.378. The first-order valence-electron chi connectivity index (χ1n) is 8.69. The highest BCUT2D eigenvalue weighted by Gasteiger charge is 2.13. The molecule has 0 saturated heterocycles. The number of ether oxygens (including phenoxy) is 2. The van der Waals surface area contributed by atoms with Gasteiger partial charge in [-0.3, -0.25) is 14.9 Å². The third kappa shape index (κ3) is 6.08. The minimum Gasteiger partial charge on any atom is -0.482 e. The zero-order valence-electron chi connectivity index (χ0n) is 15.9. The number of nitro benzene ring substituents is 1. The average molecular weight is 386 g/mol. The van der Waals surface area contributed by atoms with Crippen LogP contribution in [0.1, 0.15) is 30.9 Å². The van der Waals surface area contributed by atoms with Gasteiger partial charge in [0.1, 0.15) is 5.75 Å². The molecule has 28 heavy (non-hydrogen) atoms. The lowest BCUT2D eigenvalue weighted by molar-refractivity contribution is -0.384. The minimum absolute atomic E-state index is 0.0847. The third-order valence-corrected chi connectivity index (χ3v) is 3.86. The number of benzene rings is 2. The Morgan fingerprint density at radius 2 is 1.79 bits per heavy atom. The van der Waals surface area contributed by atoms with Crippen molar-refractivity contribution in [1.82, 2.24) is 0 Å². The Morgan fingerprint density at radius 1 is 1.11 bits per heavy atom. The highest BCUT2D eigenvalue weighted by Crippen LogP contribution is 2.27. The molecule has 0 unspecified atom stereocenters. The number of nitro groups is 1. The Kier molecular flexibility index (Phi) is 7.08. The van der Waals surface area contributed by atoms with Gasteiger partial charge in [0.25, 0.3) is 11.6 Å². The summed E-state index contributed by atoms with van der Waals surface area (Å²) < 4.78 is 10.5. The monoisotopic (exact) mass is 386 g/mol. The zero-order valence-corrected chi connectivity index (χ0v) is 15.9. The molecular formula is C20H22N2O6. The standard InChI is InChI=1S/C20H22N2O6/c1-13(2)17-9-4-14(3)10-18(17)27-12-20(24)28-11-19(23)21-15-5-7-16(8-6-15)22(25)26/h4-10,13H,11-12H2,1-3H3,(H,21,23). The smallest absolute Gasteiger partial charge is 0.344 e. The lowest BCUT2D eigenvalue weighted by atomic mass is 10.0. The van der Waals surface area contributed by atoms with Gasteiger partial charge in [-0.2, -0.15) is 0 Å². The van der Waals surface area contributed by atoms with Crippen molar-refractivity contribution in [3.8, 4) is 5.75 Å². The van der Waals surface area contributed by atoms with Gasteiger partial charge in [-0.05, 0) is 42.2 Å². The normalized spacial score (nSPS) is 10.4.